The zero-order chi connectivity index (χ0) is 12.5. The Morgan fingerprint density at radius 2 is 2.28 bits per heavy atom. The Kier molecular flexibility index (Phi) is 3.56. The number of anilines is 1. The molecule has 4 heteroatoms. The summed E-state index contributed by atoms with van der Waals surface area (Å²) >= 11 is 2.29. The zero-order valence-corrected chi connectivity index (χ0v) is 12.4. The number of halogens is 1. The third-order valence-corrected chi connectivity index (χ3v) is 4.31. The second-order valence-electron chi connectivity index (χ2n) is 4.94. The maximum Gasteiger partial charge on any atom is 0.231 e. The van der Waals surface area contributed by atoms with Gasteiger partial charge in [-0.25, -0.2) is 0 Å². The fourth-order valence-corrected chi connectivity index (χ4v) is 3.26. The van der Waals surface area contributed by atoms with Crippen LogP contribution in [0.15, 0.2) is 18.2 Å². The number of ether oxygens (including phenoxy) is 1. The second kappa shape index (κ2) is 5.17. The van der Waals surface area contributed by atoms with E-state index in [4.69, 9.17) is 4.74 Å². The van der Waals surface area contributed by atoms with E-state index in [0.29, 0.717) is 13.0 Å². The summed E-state index contributed by atoms with van der Waals surface area (Å²) in [5, 5.41) is 0. The van der Waals surface area contributed by atoms with Crippen LogP contribution >= 0.6 is 22.6 Å². The molecule has 1 unspecified atom stereocenters. The van der Waals surface area contributed by atoms with Crippen LogP contribution in [0.4, 0.5) is 5.69 Å². The molecule has 0 radical (unpaired) electrons. The van der Waals surface area contributed by atoms with Crippen molar-refractivity contribution in [3.05, 3.63) is 27.3 Å². The Bertz CT molecular complexity index is 469. The summed E-state index contributed by atoms with van der Waals surface area (Å²) in [6.45, 7) is 1.55. The van der Waals surface area contributed by atoms with E-state index in [1.807, 2.05) is 4.90 Å². The first-order valence-corrected chi connectivity index (χ1v) is 7.52. The van der Waals surface area contributed by atoms with Gasteiger partial charge in [0.25, 0.3) is 0 Å². The van der Waals surface area contributed by atoms with Crippen LogP contribution in [0.25, 0.3) is 0 Å². The molecular weight excluding hydrogens is 341 g/mol. The third kappa shape index (κ3) is 2.40. The lowest BCUT2D eigenvalue weighted by atomic mass is 10.1. The molecule has 2 aliphatic rings. The number of carbonyl (C=O) groups excluding carboxylic acids is 1. The number of nitrogens with zero attached hydrogens (tertiary/aromatic N) is 1. The van der Waals surface area contributed by atoms with E-state index in [1.54, 1.807) is 0 Å². The maximum atomic E-state index is 12.1. The van der Waals surface area contributed by atoms with Gasteiger partial charge in [0.2, 0.25) is 5.91 Å². The fourth-order valence-electron chi connectivity index (χ4n) is 2.71. The van der Waals surface area contributed by atoms with Gasteiger partial charge in [0.15, 0.2) is 0 Å². The molecule has 0 bridgehead atoms. The van der Waals surface area contributed by atoms with Crippen molar-refractivity contribution < 1.29 is 9.53 Å². The van der Waals surface area contributed by atoms with Crippen molar-refractivity contribution in [2.24, 2.45) is 0 Å². The molecule has 0 N–H and O–H groups in total. The third-order valence-electron chi connectivity index (χ3n) is 3.64. The van der Waals surface area contributed by atoms with Crippen LogP contribution in [0.1, 0.15) is 24.8 Å². The standard InChI is InChI=1S/C14H16INO2/c15-11-4-5-13-10(7-11)8-14(17)16(13)9-12-3-1-2-6-18-12/h4-5,7,12H,1-3,6,8-9H2. The van der Waals surface area contributed by atoms with Crippen molar-refractivity contribution in [1.29, 1.82) is 0 Å². The highest BCUT2D eigenvalue weighted by atomic mass is 127. The van der Waals surface area contributed by atoms with E-state index < -0.39 is 0 Å². The Balaban J connectivity index is 1.78. The molecule has 1 amide bonds. The number of amides is 1. The normalized spacial score (nSPS) is 23.3. The summed E-state index contributed by atoms with van der Waals surface area (Å²) in [4.78, 5) is 14.0. The number of fused-ring (bicyclic) bond motifs is 1. The van der Waals surface area contributed by atoms with Crippen molar-refractivity contribution in [2.45, 2.75) is 31.8 Å². The van der Waals surface area contributed by atoms with Crippen LogP contribution in [0, 0.1) is 3.57 Å². The van der Waals surface area contributed by atoms with Crippen LogP contribution in [0.3, 0.4) is 0 Å². The molecule has 96 valence electrons. The van der Waals surface area contributed by atoms with Gasteiger partial charge in [-0.3, -0.25) is 4.79 Å². The van der Waals surface area contributed by atoms with Gasteiger partial charge in [0, 0.05) is 15.9 Å². The Morgan fingerprint density at radius 1 is 1.39 bits per heavy atom. The predicted octanol–water partition coefficient (Wildman–Crippen LogP) is 2.75. The van der Waals surface area contributed by atoms with Crippen LogP contribution in [-0.2, 0) is 16.0 Å². The van der Waals surface area contributed by atoms with Crippen LogP contribution < -0.4 is 4.90 Å². The summed E-state index contributed by atoms with van der Waals surface area (Å²) < 4.78 is 6.92. The highest BCUT2D eigenvalue weighted by Crippen LogP contribution is 2.31. The van der Waals surface area contributed by atoms with Crippen LogP contribution in [-0.4, -0.2) is 25.2 Å². The molecule has 3 nitrogen and oxygen atoms in total. The van der Waals surface area contributed by atoms with Gasteiger partial charge in [-0.05, 0) is 65.6 Å². The molecule has 0 saturated carbocycles. The monoisotopic (exact) mass is 357 g/mol. The van der Waals surface area contributed by atoms with Crippen molar-refractivity contribution in [3.8, 4) is 0 Å². The molecule has 3 rings (SSSR count). The number of benzene rings is 1. The first-order chi connectivity index (χ1) is 8.74. The van der Waals surface area contributed by atoms with E-state index in [-0.39, 0.29) is 12.0 Å². The Hall–Kier alpha value is -0.620. The smallest absolute Gasteiger partial charge is 0.231 e. The molecule has 0 aromatic heterocycles. The number of carbonyl (C=O) groups is 1. The minimum atomic E-state index is 0.209. The molecule has 1 fully saturated rings. The van der Waals surface area contributed by atoms with E-state index in [0.717, 1.165) is 30.7 Å². The average molecular weight is 357 g/mol. The minimum absolute atomic E-state index is 0.209. The fraction of sp³-hybridized carbons (Fsp3) is 0.500. The predicted molar refractivity (Wildman–Crippen MR) is 78.8 cm³/mol. The highest BCUT2D eigenvalue weighted by molar-refractivity contribution is 14.1. The van der Waals surface area contributed by atoms with Gasteiger partial charge in [0.1, 0.15) is 0 Å². The zero-order valence-electron chi connectivity index (χ0n) is 10.2. The molecule has 1 atom stereocenters. The minimum Gasteiger partial charge on any atom is -0.376 e. The average Bonchev–Trinajstić information content (AvgIpc) is 2.66. The maximum absolute atomic E-state index is 12.1. The largest absolute Gasteiger partial charge is 0.376 e. The van der Waals surface area contributed by atoms with Gasteiger partial charge in [-0.2, -0.15) is 0 Å². The first kappa shape index (κ1) is 12.4. The molecule has 0 aliphatic carbocycles. The number of rotatable bonds is 2. The second-order valence-corrected chi connectivity index (χ2v) is 6.19. The van der Waals surface area contributed by atoms with Gasteiger partial charge < -0.3 is 9.64 Å². The van der Waals surface area contributed by atoms with E-state index >= 15 is 0 Å². The summed E-state index contributed by atoms with van der Waals surface area (Å²) in [5.41, 5.74) is 2.23. The molecule has 1 saturated heterocycles. The van der Waals surface area contributed by atoms with Gasteiger partial charge in [-0.1, -0.05) is 0 Å². The molecular formula is C14H16INO2. The van der Waals surface area contributed by atoms with Crippen LogP contribution in [0.5, 0.6) is 0 Å². The number of hydrogen-bond acceptors (Lipinski definition) is 2. The quantitative estimate of drug-likeness (QED) is 0.762. The lowest BCUT2D eigenvalue weighted by Crippen LogP contribution is -2.37. The summed E-state index contributed by atoms with van der Waals surface area (Å²) in [7, 11) is 0. The molecule has 1 aromatic rings. The summed E-state index contributed by atoms with van der Waals surface area (Å²) in [5.74, 6) is 0.209. The van der Waals surface area contributed by atoms with Gasteiger partial charge >= 0.3 is 0 Å². The molecule has 0 spiro atoms. The van der Waals surface area contributed by atoms with Crippen molar-refractivity contribution in [2.75, 3.05) is 18.1 Å². The molecule has 2 heterocycles. The highest BCUT2D eigenvalue weighted by Gasteiger charge is 2.30. The van der Waals surface area contributed by atoms with Crippen molar-refractivity contribution >= 4 is 34.2 Å². The van der Waals surface area contributed by atoms with Crippen molar-refractivity contribution in [3.63, 3.8) is 0 Å². The van der Waals surface area contributed by atoms with E-state index in [1.165, 1.54) is 9.99 Å². The number of hydrogen-bond donors (Lipinski definition) is 0. The topological polar surface area (TPSA) is 29.5 Å². The Labute approximate surface area is 121 Å². The summed E-state index contributed by atoms with van der Waals surface area (Å²) in [6, 6.07) is 6.23. The molecule has 2 aliphatic heterocycles. The van der Waals surface area contributed by atoms with Crippen molar-refractivity contribution in [1.82, 2.24) is 0 Å². The summed E-state index contributed by atoms with van der Waals surface area (Å²) in [6.07, 6.45) is 4.20. The van der Waals surface area contributed by atoms with Gasteiger partial charge in [-0.15, -0.1) is 0 Å². The first-order valence-electron chi connectivity index (χ1n) is 6.44. The Morgan fingerprint density at radius 3 is 3.06 bits per heavy atom. The van der Waals surface area contributed by atoms with E-state index in [2.05, 4.69) is 40.8 Å². The molecule has 1 aromatic carbocycles. The molecule has 18 heavy (non-hydrogen) atoms. The van der Waals surface area contributed by atoms with Crippen LogP contribution in [0.2, 0.25) is 0 Å². The van der Waals surface area contributed by atoms with E-state index in [9.17, 15) is 4.79 Å². The lowest BCUT2D eigenvalue weighted by Gasteiger charge is -2.27. The van der Waals surface area contributed by atoms with Gasteiger partial charge in [0.05, 0.1) is 19.1 Å². The SMILES string of the molecule is O=C1Cc2cc(I)ccc2N1CC1CCCCO1. The lowest BCUT2D eigenvalue weighted by molar-refractivity contribution is -0.118.